The Balaban J connectivity index is 1.47. The lowest BCUT2D eigenvalue weighted by Gasteiger charge is -2.68. The predicted molar refractivity (Wildman–Crippen MR) is 134 cm³/mol. The SMILES string of the molecule is CC(C)=C[C@@H]1C[C@H]([C@@H]2CC=C3[C@]4(C)[C@H](O)C[C@H]5C(C)(C)[C@@H](O)CC[C@@]5(C)[C@@H]4CC[C@]32C)C(=O)O1. The van der Waals surface area contributed by atoms with Gasteiger partial charge in [-0.1, -0.05) is 51.8 Å². The van der Waals surface area contributed by atoms with Crippen LogP contribution in [0.3, 0.4) is 0 Å². The Bertz CT molecular complexity index is 928. The Kier molecular flexibility index (Phi) is 5.55. The van der Waals surface area contributed by atoms with Crippen molar-refractivity contribution in [3.8, 4) is 0 Å². The number of rotatable bonds is 2. The molecule has 5 rings (SSSR count). The van der Waals surface area contributed by atoms with Gasteiger partial charge >= 0.3 is 5.97 Å². The van der Waals surface area contributed by atoms with Gasteiger partial charge in [0.05, 0.1) is 18.1 Å². The van der Waals surface area contributed by atoms with Gasteiger partial charge in [-0.2, -0.15) is 0 Å². The number of fused-ring (bicyclic) bond motifs is 5. The molecule has 1 aliphatic heterocycles. The van der Waals surface area contributed by atoms with Crippen LogP contribution >= 0.6 is 0 Å². The van der Waals surface area contributed by atoms with Crippen LogP contribution in [-0.4, -0.2) is 34.5 Å². The molecule has 0 aromatic carbocycles. The highest BCUT2D eigenvalue weighted by Gasteiger charge is 2.68. The van der Waals surface area contributed by atoms with Gasteiger partial charge in [-0.15, -0.1) is 0 Å². The first kappa shape index (κ1) is 24.6. The van der Waals surface area contributed by atoms with E-state index in [4.69, 9.17) is 4.74 Å². The number of allylic oxidation sites excluding steroid dienone is 2. The van der Waals surface area contributed by atoms with Crippen LogP contribution in [-0.2, 0) is 9.53 Å². The summed E-state index contributed by atoms with van der Waals surface area (Å²) in [5, 5.41) is 22.7. The zero-order valence-electron chi connectivity index (χ0n) is 22.4. The van der Waals surface area contributed by atoms with E-state index in [2.05, 4.69) is 60.6 Å². The second kappa shape index (κ2) is 7.68. The van der Waals surface area contributed by atoms with Crippen LogP contribution in [0.1, 0.15) is 93.4 Å². The Morgan fingerprint density at radius 2 is 1.71 bits per heavy atom. The quantitative estimate of drug-likeness (QED) is 0.394. The molecule has 4 heteroatoms. The molecule has 4 fully saturated rings. The van der Waals surface area contributed by atoms with Crippen LogP contribution < -0.4 is 0 Å². The highest BCUT2D eigenvalue weighted by atomic mass is 16.5. The van der Waals surface area contributed by atoms with Crippen LogP contribution in [0, 0.1) is 45.3 Å². The number of hydrogen-bond acceptors (Lipinski definition) is 4. The second-order valence-corrected chi connectivity index (χ2v) is 14.0. The number of carbonyl (C=O) groups is 1. The maximum atomic E-state index is 13.0. The third kappa shape index (κ3) is 3.13. The highest BCUT2D eigenvalue weighted by Crippen LogP contribution is 2.73. The number of hydrogen-bond donors (Lipinski definition) is 2. The lowest BCUT2D eigenvalue weighted by Crippen LogP contribution is -2.65. The van der Waals surface area contributed by atoms with Gasteiger partial charge < -0.3 is 14.9 Å². The first-order valence-corrected chi connectivity index (χ1v) is 13.7. The van der Waals surface area contributed by atoms with Crippen molar-refractivity contribution in [2.45, 2.75) is 112 Å². The van der Waals surface area contributed by atoms with E-state index < -0.39 is 6.10 Å². The minimum Gasteiger partial charge on any atom is -0.458 e. The molecule has 34 heavy (non-hydrogen) atoms. The summed E-state index contributed by atoms with van der Waals surface area (Å²) in [6, 6.07) is 0. The minimum atomic E-state index is -0.418. The fraction of sp³-hybridized carbons (Fsp3) is 0.833. The van der Waals surface area contributed by atoms with Gasteiger partial charge in [0.15, 0.2) is 0 Å². The lowest BCUT2D eigenvalue weighted by molar-refractivity contribution is -0.212. The van der Waals surface area contributed by atoms with Crippen molar-refractivity contribution in [1.82, 2.24) is 0 Å². The first-order valence-electron chi connectivity index (χ1n) is 13.7. The molecule has 0 radical (unpaired) electrons. The normalized spacial score (nSPS) is 51.6. The largest absolute Gasteiger partial charge is 0.458 e. The summed E-state index contributed by atoms with van der Waals surface area (Å²) in [6.07, 6.45) is 10.1. The van der Waals surface area contributed by atoms with Crippen molar-refractivity contribution < 1.29 is 19.7 Å². The number of cyclic esters (lactones) is 1. The van der Waals surface area contributed by atoms with Crippen LogP contribution in [0.4, 0.5) is 0 Å². The Morgan fingerprint density at radius 3 is 2.38 bits per heavy atom. The monoisotopic (exact) mass is 470 g/mol. The molecular formula is C30H46O4. The molecule has 3 saturated carbocycles. The Labute approximate surface area is 206 Å². The van der Waals surface area contributed by atoms with Crippen LogP contribution in [0.2, 0.25) is 0 Å². The van der Waals surface area contributed by atoms with Crippen molar-refractivity contribution in [3.63, 3.8) is 0 Å². The van der Waals surface area contributed by atoms with Gasteiger partial charge in [0, 0.05) is 11.8 Å². The third-order valence-electron chi connectivity index (χ3n) is 11.8. The van der Waals surface area contributed by atoms with Crippen LogP contribution in [0.25, 0.3) is 0 Å². The lowest BCUT2D eigenvalue weighted by atomic mass is 9.37. The topological polar surface area (TPSA) is 66.8 Å². The van der Waals surface area contributed by atoms with E-state index in [1.807, 2.05) is 0 Å². The van der Waals surface area contributed by atoms with Crippen molar-refractivity contribution >= 4 is 5.97 Å². The average molecular weight is 471 g/mol. The standard InChI is InChI=1S/C30H46O4/c1-17(2)14-18-15-19(26(33)34-18)20-8-9-21-28(20,5)12-10-22-29(6)13-11-24(31)27(3,4)23(29)16-25(32)30(21,22)7/h9,14,18-20,22-25,31-32H,8,10-13,15-16H2,1-7H3/t18-,19-,20+,22+,23+,24+,25-,28+,29+,30+/m1/s1. The summed E-state index contributed by atoms with van der Waals surface area (Å²) >= 11 is 0. The highest BCUT2D eigenvalue weighted by molar-refractivity contribution is 5.76. The maximum absolute atomic E-state index is 13.0. The molecule has 0 unspecified atom stereocenters. The fourth-order valence-electron chi connectivity index (χ4n) is 10.0. The molecule has 10 atom stereocenters. The molecule has 0 spiro atoms. The number of aliphatic hydroxyl groups excluding tert-OH is 2. The smallest absolute Gasteiger partial charge is 0.310 e. The molecule has 4 nitrogen and oxygen atoms in total. The average Bonchev–Trinajstić information content (AvgIpc) is 3.26. The molecular weight excluding hydrogens is 424 g/mol. The molecule has 2 N–H and O–H groups in total. The summed E-state index contributed by atoms with van der Waals surface area (Å²) in [4.78, 5) is 13.0. The van der Waals surface area contributed by atoms with Gasteiger partial charge in [0.2, 0.25) is 0 Å². The zero-order valence-corrected chi connectivity index (χ0v) is 22.4. The summed E-state index contributed by atoms with van der Waals surface area (Å²) < 4.78 is 5.78. The predicted octanol–water partition coefficient (Wildman–Crippen LogP) is 5.82. The van der Waals surface area contributed by atoms with E-state index >= 15 is 0 Å². The fourth-order valence-corrected chi connectivity index (χ4v) is 10.0. The van der Waals surface area contributed by atoms with Crippen LogP contribution in [0.15, 0.2) is 23.3 Å². The van der Waals surface area contributed by atoms with Gasteiger partial charge in [-0.3, -0.25) is 4.79 Å². The van der Waals surface area contributed by atoms with Gasteiger partial charge in [-0.25, -0.2) is 0 Å². The number of aliphatic hydroxyl groups is 2. The number of carbonyl (C=O) groups excluding carboxylic acids is 1. The second-order valence-electron chi connectivity index (χ2n) is 14.0. The van der Waals surface area contributed by atoms with E-state index in [-0.39, 0.29) is 51.7 Å². The van der Waals surface area contributed by atoms with E-state index in [1.165, 1.54) is 11.1 Å². The van der Waals surface area contributed by atoms with E-state index in [1.54, 1.807) is 0 Å². The van der Waals surface area contributed by atoms with Gasteiger partial charge in [0.25, 0.3) is 0 Å². The summed E-state index contributed by atoms with van der Waals surface area (Å²) in [6.45, 7) is 15.7. The molecule has 190 valence electrons. The molecule has 0 amide bonds. The molecule has 4 aliphatic carbocycles. The molecule has 5 aliphatic rings. The zero-order chi connectivity index (χ0) is 24.8. The van der Waals surface area contributed by atoms with E-state index in [0.717, 1.165) is 44.9 Å². The maximum Gasteiger partial charge on any atom is 0.310 e. The minimum absolute atomic E-state index is 0.0325. The van der Waals surface area contributed by atoms with E-state index in [9.17, 15) is 15.0 Å². The number of esters is 1. The van der Waals surface area contributed by atoms with Gasteiger partial charge in [-0.05, 0) is 92.4 Å². The van der Waals surface area contributed by atoms with Crippen molar-refractivity contribution in [1.29, 1.82) is 0 Å². The van der Waals surface area contributed by atoms with Gasteiger partial charge in [0.1, 0.15) is 6.10 Å². The summed E-state index contributed by atoms with van der Waals surface area (Å²) in [5.41, 5.74) is 2.19. The first-order chi connectivity index (χ1) is 15.8. The van der Waals surface area contributed by atoms with Crippen molar-refractivity contribution in [3.05, 3.63) is 23.3 Å². The molecule has 1 saturated heterocycles. The van der Waals surface area contributed by atoms with E-state index in [0.29, 0.717) is 11.8 Å². The molecule has 0 aromatic rings. The molecule has 1 heterocycles. The third-order valence-corrected chi connectivity index (χ3v) is 11.8. The number of ether oxygens (including phenoxy) is 1. The molecule has 0 aromatic heterocycles. The van der Waals surface area contributed by atoms with Crippen molar-refractivity contribution in [2.75, 3.05) is 0 Å². The summed E-state index contributed by atoms with van der Waals surface area (Å²) in [5.74, 6) is 0.870. The summed E-state index contributed by atoms with van der Waals surface area (Å²) in [7, 11) is 0. The Hall–Kier alpha value is -1.13. The molecule has 0 bridgehead atoms. The Morgan fingerprint density at radius 1 is 1.00 bits per heavy atom. The van der Waals surface area contributed by atoms with Crippen LogP contribution in [0.5, 0.6) is 0 Å². The van der Waals surface area contributed by atoms with Crippen molar-refractivity contribution in [2.24, 2.45) is 45.3 Å².